The molecule has 19 heavy (non-hydrogen) atoms. The van der Waals surface area contributed by atoms with Gasteiger partial charge in [-0.2, -0.15) is 0 Å². The predicted molar refractivity (Wildman–Crippen MR) is 80.2 cm³/mol. The van der Waals surface area contributed by atoms with E-state index in [2.05, 4.69) is 49.5 Å². The molecule has 2 heteroatoms. The van der Waals surface area contributed by atoms with Crippen molar-refractivity contribution in [2.45, 2.75) is 51.7 Å². The van der Waals surface area contributed by atoms with E-state index in [0.29, 0.717) is 18.1 Å². The van der Waals surface area contributed by atoms with Gasteiger partial charge in [-0.25, -0.2) is 0 Å². The molecule has 2 nitrogen and oxygen atoms in total. The van der Waals surface area contributed by atoms with Crippen molar-refractivity contribution in [1.29, 1.82) is 0 Å². The Labute approximate surface area is 117 Å². The fraction of sp³-hybridized carbons (Fsp3) is 0.647. The van der Waals surface area contributed by atoms with Crippen molar-refractivity contribution in [2.24, 2.45) is 5.92 Å². The topological polar surface area (TPSA) is 21.3 Å². The molecule has 1 aliphatic rings. The van der Waals surface area contributed by atoms with Crippen molar-refractivity contribution in [3.05, 3.63) is 35.9 Å². The smallest absolute Gasteiger partial charge is 0.0588 e. The maximum absolute atomic E-state index is 5.68. The lowest BCUT2D eigenvalue weighted by Crippen LogP contribution is -2.26. The quantitative estimate of drug-likeness (QED) is 0.803. The van der Waals surface area contributed by atoms with Crippen LogP contribution in [0.1, 0.15) is 51.1 Å². The molecule has 1 fully saturated rings. The Kier molecular flexibility index (Phi) is 5.87. The first kappa shape index (κ1) is 14.5. The van der Waals surface area contributed by atoms with E-state index >= 15 is 0 Å². The van der Waals surface area contributed by atoms with Crippen molar-refractivity contribution < 1.29 is 4.74 Å². The molecule has 0 saturated carbocycles. The van der Waals surface area contributed by atoms with Crippen LogP contribution < -0.4 is 5.32 Å². The van der Waals surface area contributed by atoms with Crippen LogP contribution in [0.3, 0.4) is 0 Å². The van der Waals surface area contributed by atoms with Crippen LogP contribution >= 0.6 is 0 Å². The summed E-state index contributed by atoms with van der Waals surface area (Å²) in [6.07, 6.45) is 5.29. The van der Waals surface area contributed by atoms with E-state index in [1.54, 1.807) is 0 Å². The summed E-state index contributed by atoms with van der Waals surface area (Å²) >= 11 is 0. The molecule has 0 aromatic heterocycles. The lowest BCUT2D eigenvalue weighted by Gasteiger charge is -2.22. The van der Waals surface area contributed by atoms with E-state index in [1.165, 1.54) is 24.8 Å². The highest BCUT2D eigenvalue weighted by molar-refractivity contribution is 5.18. The van der Waals surface area contributed by atoms with Crippen LogP contribution in [0.15, 0.2) is 30.3 Å². The van der Waals surface area contributed by atoms with Gasteiger partial charge in [0.2, 0.25) is 0 Å². The monoisotopic (exact) mass is 261 g/mol. The Morgan fingerprint density at radius 2 is 2.05 bits per heavy atom. The molecule has 2 rings (SSSR count). The van der Waals surface area contributed by atoms with Crippen LogP contribution in [-0.4, -0.2) is 19.3 Å². The van der Waals surface area contributed by atoms with Gasteiger partial charge >= 0.3 is 0 Å². The second-order valence-corrected chi connectivity index (χ2v) is 5.97. The summed E-state index contributed by atoms with van der Waals surface area (Å²) in [6.45, 7) is 6.59. The average molecular weight is 261 g/mol. The number of nitrogens with one attached hydrogen (secondary N) is 1. The van der Waals surface area contributed by atoms with Gasteiger partial charge in [-0.1, -0.05) is 44.2 Å². The molecule has 1 aromatic rings. The van der Waals surface area contributed by atoms with Crippen molar-refractivity contribution >= 4 is 0 Å². The Morgan fingerprint density at radius 3 is 2.68 bits per heavy atom. The summed E-state index contributed by atoms with van der Waals surface area (Å²) in [6, 6.07) is 11.3. The van der Waals surface area contributed by atoms with E-state index in [9.17, 15) is 0 Å². The zero-order valence-corrected chi connectivity index (χ0v) is 12.3. The normalized spacial score (nSPS) is 20.9. The first-order valence-electron chi connectivity index (χ1n) is 7.65. The molecule has 0 amide bonds. The highest BCUT2D eigenvalue weighted by Crippen LogP contribution is 2.21. The standard InChI is InChI=1S/C17H27NO/c1-14(2)13-17(15-7-4-3-5-8-15)18-11-10-16-9-6-12-19-16/h3-5,7-8,14,16-18H,6,9-13H2,1-2H3/t16-,17+/m1/s1. The van der Waals surface area contributed by atoms with Gasteiger partial charge in [0.15, 0.2) is 0 Å². The molecule has 0 spiro atoms. The number of ether oxygens (including phenoxy) is 1. The van der Waals surface area contributed by atoms with E-state index in [-0.39, 0.29) is 0 Å². The minimum atomic E-state index is 0.475. The Balaban J connectivity index is 1.83. The summed E-state index contributed by atoms with van der Waals surface area (Å²) in [7, 11) is 0. The van der Waals surface area contributed by atoms with Crippen LogP contribution in [0, 0.1) is 5.92 Å². The van der Waals surface area contributed by atoms with E-state index in [4.69, 9.17) is 4.74 Å². The van der Waals surface area contributed by atoms with E-state index in [0.717, 1.165) is 19.6 Å². The lowest BCUT2D eigenvalue weighted by molar-refractivity contribution is 0.103. The second kappa shape index (κ2) is 7.66. The van der Waals surface area contributed by atoms with Gasteiger partial charge in [0.1, 0.15) is 0 Å². The van der Waals surface area contributed by atoms with E-state index < -0.39 is 0 Å². The molecule has 0 unspecified atom stereocenters. The molecule has 1 aliphatic heterocycles. The Morgan fingerprint density at radius 1 is 1.26 bits per heavy atom. The summed E-state index contributed by atoms with van der Waals surface area (Å²) in [5.74, 6) is 0.709. The van der Waals surface area contributed by atoms with Gasteiger partial charge in [-0.15, -0.1) is 0 Å². The zero-order valence-electron chi connectivity index (χ0n) is 12.3. The molecule has 1 saturated heterocycles. The maximum atomic E-state index is 5.68. The number of rotatable bonds is 7. The predicted octanol–water partition coefficient (Wildman–Crippen LogP) is 3.93. The summed E-state index contributed by atoms with van der Waals surface area (Å²) in [4.78, 5) is 0. The highest BCUT2D eigenvalue weighted by atomic mass is 16.5. The van der Waals surface area contributed by atoms with E-state index in [1.807, 2.05) is 0 Å². The number of benzene rings is 1. The molecule has 0 bridgehead atoms. The highest BCUT2D eigenvalue weighted by Gasteiger charge is 2.17. The molecule has 2 atom stereocenters. The second-order valence-electron chi connectivity index (χ2n) is 5.97. The molecular weight excluding hydrogens is 234 g/mol. The minimum absolute atomic E-state index is 0.475. The van der Waals surface area contributed by atoms with Gasteiger partial charge in [0.05, 0.1) is 6.10 Å². The van der Waals surface area contributed by atoms with Crippen molar-refractivity contribution in [3.63, 3.8) is 0 Å². The maximum Gasteiger partial charge on any atom is 0.0588 e. The summed E-state index contributed by atoms with van der Waals surface area (Å²) in [5.41, 5.74) is 1.41. The zero-order chi connectivity index (χ0) is 13.5. The van der Waals surface area contributed by atoms with Crippen LogP contribution in [0.25, 0.3) is 0 Å². The lowest BCUT2D eigenvalue weighted by atomic mass is 9.97. The molecular formula is C17H27NO. The molecule has 1 N–H and O–H groups in total. The van der Waals surface area contributed by atoms with Gasteiger partial charge in [0, 0.05) is 12.6 Å². The van der Waals surface area contributed by atoms with Gasteiger partial charge < -0.3 is 10.1 Å². The van der Waals surface area contributed by atoms with Gasteiger partial charge in [-0.3, -0.25) is 0 Å². The summed E-state index contributed by atoms with van der Waals surface area (Å²) in [5, 5.41) is 3.71. The third-order valence-corrected chi connectivity index (χ3v) is 3.79. The van der Waals surface area contributed by atoms with Crippen LogP contribution in [0.2, 0.25) is 0 Å². The van der Waals surface area contributed by atoms with Gasteiger partial charge in [0.25, 0.3) is 0 Å². The molecule has 0 aliphatic carbocycles. The molecule has 1 aromatic carbocycles. The van der Waals surface area contributed by atoms with Crippen LogP contribution in [0.4, 0.5) is 0 Å². The van der Waals surface area contributed by atoms with Crippen molar-refractivity contribution in [1.82, 2.24) is 5.32 Å². The molecule has 0 radical (unpaired) electrons. The number of hydrogen-bond acceptors (Lipinski definition) is 2. The number of hydrogen-bond donors (Lipinski definition) is 1. The first-order valence-corrected chi connectivity index (χ1v) is 7.65. The first-order chi connectivity index (χ1) is 9.25. The molecule has 106 valence electrons. The summed E-state index contributed by atoms with van der Waals surface area (Å²) < 4.78 is 5.68. The third-order valence-electron chi connectivity index (χ3n) is 3.79. The van der Waals surface area contributed by atoms with Crippen LogP contribution in [0.5, 0.6) is 0 Å². The minimum Gasteiger partial charge on any atom is -0.378 e. The van der Waals surface area contributed by atoms with Crippen molar-refractivity contribution in [2.75, 3.05) is 13.2 Å². The fourth-order valence-electron chi connectivity index (χ4n) is 2.78. The SMILES string of the molecule is CC(C)C[C@H](NCC[C@H]1CCCO1)c1ccccc1. The average Bonchev–Trinajstić information content (AvgIpc) is 2.91. The third kappa shape index (κ3) is 4.96. The Hall–Kier alpha value is -0.860. The van der Waals surface area contributed by atoms with Crippen molar-refractivity contribution in [3.8, 4) is 0 Å². The van der Waals surface area contributed by atoms with Crippen LogP contribution in [-0.2, 0) is 4.74 Å². The van der Waals surface area contributed by atoms with Gasteiger partial charge in [-0.05, 0) is 43.7 Å². The Bertz CT molecular complexity index is 344. The molecule has 1 heterocycles. The largest absolute Gasteiger partial charge is 0.378 e. The fourth-order valence-corrected chi connectivity index (χ4v) is 2.78.